The molecule has 0 saturated carbocycles. The number of benzene rings is 2. The molecular weight excluding hydrogens is 384 g/mol. The predicted octanol–water partition coefficient (Wildman–Crippen LogP) is 3.47. The normalized spacial score (nSPS) is 14.0. The number of anilines is 1. The molecule has 0 amide bonds. The summed E-state index contributed by atoms with van der Waals surface area (Å²) in [4.78, 5) is 17.7. The van der Waals surface area contributed by atoms with Crippen LogP contribution >= 0.6 is 0 Å². The third-order valence-electron chi connectivity index (χ3n) is 4.67. The van der Waals surface area contributed by atoms with Crippen LogP contribution in [0.4, 0.5) is 11.4 Å². The number of carboxylic acid groups (broad SMARTS) is 1. The first-order valence-electron chi connectivity index (χ1n) is 9.74. The van der Waals surface area contributed by atoms with Gasteiger partial charge in [0.25, 0.3) is 0 Å². The number of ether oxygens (including phenoxy) is 3. The van der Waals surface area contributed by atoms with Crippen LogP contribution < -0.4 is 14.4 Å². The molecule has 1 aliphatic heterocycles. The maximum atomic E-state index is 10.9. The Balaban J connectivity index is 1.79. The number of aliphatic carboxylic acids is 1. The van der Waals surface area contributed by atoms with E-state index in [0.29, 0.717) is 17.9 Å². The first-order chi connectivity index (χ1) is 14.6. The van der Waals surface area contributed by atoms with Gasteiger partial charge in [0.2, 0.25) is 0 Å². The fourth-order valence-electron chi connectivity index (χ4n) is 3.23. The molecule has 0 spiro atoms. The molecular formula is C23H26N2O5. The second-order valence-electron chi connectivity index (χ2n) is 6.76. The van der Waals surface area contributed by atoms with E-state index in [1.54, 1.807) is 18.4 Å². The van der Waals surface area contributed by atoms with Crippen LogP contribution in [-0.4, -0.2) is 57.3 Å². The molecule has 1 N–H and O–H groups in total. The fraction of sp³-hybridized carbons (Fsp3) is 0.304. The SMILES string of the molecule is C=CCc1cc(C=Nc2ccc(N3CCOCC3)cc2)cc(OC)c1OCC(=O)O. The Hall–Kier alpha value is -3.32. The molecule has 0 bridgehead atoms. The zero-order valence-electron chi connectivity index (χ0n) is 17.0. The van der Waals surface area contributed by atoms with Crippen molar-refractivity contribution in [2.45, 2.75) is 6.42 Å². The van der Waals surface area contributed by atoms with E-state index >= 15 is 0 Å². The van der Waals surface area contributed by atoms with Gasteiger partial charge in [-0.3, -0.25) is 4.99 Å². The molecule has 3 rings (SSSR count). The lowest BCUT2D eigenvalue weighted by atomic mass is 10.1. The van der Waals surface area contributed by atoms with Gasteiger partial charge in [-0.2, -0.15) is 0 Å². The highest BCUT2D eigenvalue weighted by molar-refractivity contribution is 5.84. The van der Waals surface area contributed by atoms with Gasteiger partial charge in [-0.25, -0.2) is 4.79 Å². The number of methoxy groups -OCH3 is 1. The van der Waals surface area contributed by atoms with Gasteiger partial charge in [0.15, 0.2) is 18.1 Å². The summed E-state index contributed by atoms with van der Waals surface area (Å²) in [6.07, 6.45) is 3.99. The van der Waals surface area contributed by atoms with E-state index in [9.17, 15) is 4.79 Å². The Morgan fingerprint density at radius 2 is 2.00 bits per heavy atom. The van der Waals surface area contributed by atoms with Crippen LogP contribution in [0.3, 0.4) is 0 Å². The van der Waals surface area contributed by atoms with Gasteiger partial charge in [-0.1, -0.05) is 6.08 Å². The zero-order chi connectivity index (χ0) is 21.3. The number of hydrogen-bond donors (Lipinski definition) is 1. The second-order valence-corrected chi connectivity index (χ2v) is 6.76. The number of hydrogen-bond acceptors (Lipinski definition) is 6. The lowest BCUT2D eigenvalue weighted by Gasteiger charge is -2.28. The van der Waals surface area contributed by atoms with Gasteiger partial charge < -0.3 is 24.2 Å². The summed E-state index contributed by atoms with van der Waals surface area (Å²) in [6, 6.07) is 11.7. The zero-order valence-corrected chi connectivity index (χ0v) is 17.0. The minimum absolute atomic E-state index is 0.409. The largest absolute Gasteiger partial charge is 0.493 e. The Bertz CT molecular complexity index is 903. The summed E-state index contributed by atoms with van der Waals surface area (Å²) in [7, 11) is 1.52. The maximum absolute atomic E-state index is 10.9. The molecule has 7 nitrogen and oxygen atoms in total. The van der Waals surface area contributed by atoms with Crippen molar-refractivity contribution in [3.8, 4) is 11.5 Å². The Morgan fingerprint density at radius 1 is 1.27 bits per heavy atom. The molecule has 2 aromatic carbocycles. The molecule has 158 valence electrons. The molecule has 1 saturated heterocycles. The Labute approximate surface area is 176 Å². The van der Waals surface area contributed by atoms with Crippen LogP contribution in [0.5, 0.6) is 11.5 Å². The van der Waals surface area contributed by atoms with Crippen LogP contribution in [0, 0.1) is 0 Å². The lowest BCUT2D eigenvalue weighted by molar-refractivity contribution is -0.139. The van der Waals surface area contributed by atoms with Crippen molar-refractivity contribution >= 4 is 23.6 Å². The molecule has 0 unspecified atom stereocenters. The second kappa shape index (κ2) is 10.5. The van der Waals surface area contributed by atoms with Crippen molar-refractivity contribution in [1.29, 1.82) is 0 Å². The third kappa shape index (κ3) is 5.61. The molecule has 1 aliphatic rings. The van der Waals surface area contributed by atoms with Crippen molar-refractivity contribution in [2.75, 3.05) is 44.9 Å². The van der Waals surface area contributed by atoms with Crippen LogP contribution in [0.2, 0.25) is 0 Å². The van der Waals surface area contributed by atoms with E-state index in [-0.39, 0.29) is 0 Å². The van der Waals surface area contributed by atoms with Crippen molar-refractivity contribution in [2.24, 2.45) is 4.99 Å². The monoisotopic (exact) mass is 410 g/mol. The van der Waals surface area contributed by atoms with E-state index < -0.39 is 12.6 Å². The summed E-state index contributed by atoms with van der Waals surface area (Å²) in [5.74, 6) is -0.181. The molecule has 0 radical (unpaired) electrons. The van der Waals surface area contributed by atoms with Crippen molar-refractivity contribution in [3.05, 3.63) is 60.2 Å². The Kier molecular flexibility index (Phi) is 7.45. The van der Waals surface area contributed by atoms with Gasteiger partial charge in [-0.05, 0) is 48.4 Å². The number of morpholine rings is 1. The van der Waals surface area contributed by atoms with Gasteiger partial charge in [0.1, 0.15) is 0 Å². The summed E-state index contributed by atoms with van der Waals surface area (Å²) in [5, 5.41) is 8.91. The molecule has 0 aromatic heterocycles. The number of allylic oxidation sites excluding steroid dienone is 1. The number of carboxylic acids is 1. The number of rotatable bonds is 9. The molecule has 0 atom stereocenters. The number of aliphatic imine (C=N–C) groups is 1. The van der Waals surface area contributed by atoms with Gasteiger partial charge in [-0.15, -0.1) is 6.58 Å². The quantitative estimate of drug-likeness (QED) is 0.504. The van der Waals surface area contributed by atoms with Crippen LogP contribution in [-0.2, 0) is 16.0 Å². The number of nitrogens with zero attached hydrogens (tertiary/aromatic N) is 2. The summed E-state index contributed by atoms with van der Waals surface area (Å²) < 4.78 is 16.2. The van der Waals surface area contributed by atoms with Crippen LogP contribution in [0.15, 0.2) is 54.0 Å². The van der Waals surface area contributed by atoms with Crippen LogP contribution in [0.25, 0.3) is 0 Å². The fourth-order valence-corrected chi connectivity index (χ4v) is 3.23. The molecule has 2 aromatic rings. The third-order valence-corrected chi connectivity index (χ3v) is 4.67. The van der Waals surface area contributed by atoms with Crippen molar-refractivity contribution < 1.29 is 24.1 Å². The maximum Gasteiger partial charge on any atom is 0.341 e. The number of carbonyl (C=O) groups is 1. The first kappa shape index (κ1) is 21.4. The molecule has 7 heteroatoms. The highest BCUT2D eigenvalue weighted by atomic mass is 16.5. The predicted molar refractivity (Wildman–Crippen MR) is 117 cm³/mol. The van der Waals surface area contributed by atoms with Gasteiger partial charge in [0.05, 0.1) is 26.0 Å². The average molecular weight is 410 g/mol. The molecule has 1 fully saturated rings. The van der Waals surface area contributed by atoms with E-state index in [0.717, 1.165) is 48.8 Å². The Morgan fingerprint density at radius 3 is 2.63 bits per heavy atom. The van der Waals surface area contributed by atoms with E-state index in [2.05, 4.69) is 28.6 Å². The van der Waals surface area contributed by atoms with Crippen LogP contribution in [0.1, 0.15) is 11.1 Å². The molecule has 0 aliphatic carbocycles. The summed E-state index contributed by atoms with van der Waals surface area (Å²) >= 11 is 0. The van der Waals surface area contributed by atoms with E-state index in [1.165, 1.54) is 7.11 Å². The molecule has 1 heterocycles. The van der Waals surface area contributed by atoms with Crippen molar-refractivity contribution in [3.63, 3.8) is 0 Å². The first-order valence-corrected chi connectivity index (χ1v) is 9.74. The topological polar surface area (TPSA) is 80.6 Å². The highest BCUT2D eigenvalue weighted by Gasteiger charge is 2.14. The van der Waals surface area contributed by atoms with Gasteiger partial charge >= 0.3 is 5.97 Å². The summed E-state index contributed by atoms with van der Waals surface area (Å²) in [6.45, 7) is 6.61. The standard InChI is InChI=1S/C23H26N2O5/c1-3-4-18-13-17(14-21(28-2)23(18)30-16-22(26)27)15-24-19-5-7-20(8-6-19)25-9-11-29-12-10-25/h3,5-8,13-15H,1,4,9-12,16H2,2H3,(H,26,27). The summed E-state index contributed by atoms with van der Waals surface area (Å²) in [5.41, 5.74) is 3.60. The average Bonchev–Trinajstić information content (AvgIpc) is 2.77. The van der Waals surface area contributed by atoms with E-state index in [1.807, 2.05) is 18.2 Å². The van der Waals surface area contributed by atoms with Gasteiger partial charge in [0, 0.05) is 30.6 Å². The minimum Gasteiger partial charge on any atom is -0.493 e. The van der Waals surface area contributed by atoms with Crippen molar-refractivity contribution in [1.82, 2.24) is 0 Å². The minimum atomic E-state index is -1.05. The smallest absolute Gasteiger partial charge is 0.341 e. The lowest BCUT2D eigenvalue weighted by Crippen LogP contribution is -2.36. The highest BCUT2D eigenvalue weighted by Crippen LogP contribution is 2.33. The molecule has 30 heavy (non-hydrogen) atoms. The van der Waals surface area contributed by atoms with E-state index in [4.69, 9.17) is 19.3 Å².